The van der Waals surface area contributed by atoms with E-state index in [1.807, 2.05) is 6.92 Å². The molecule has 9 heteroatoms. The van der Waals surface area contributed by atoms with E-state index in [1.54, 1.807) is 6.92 Å². The monoisotopic (exact) mass is 316 g/mol. The van der Waals surface area contributed by atoms with Gasteiger partial charge in [0.25, 0.3) is 5.91 Å². The zero-order chi connectivity index (χ0) is 15.6. The Morgan fingerprint density at radius 2 is 2.29 bits per heavy atom. The van der Waals surface area contributed by atoms with Crippen molar-refractivity contribution in [3.05, 3.63) is 11.4 Å². The molecule has 4 N–H and O–H groups in total. The number of rotatable bonds is 4. The maximum Gasteiger partial charge on any atom is 0.273 e. The smallest absolute Gasteiger partial charge is 0.273 e. The number of nitrogens with two attached hydrogens (primary N) is 1. The highest BCUT2D eigenvalue weighted by molar-refractivity contribution is 7.89. The average Bonchev–Trinajstić information content (AvgIpc) is 2.82. The largest absolute Gasteiger partial charge is 0.378 e. The van der Waals surface area contributed by atoms with Crippen molar-refractivity contribution in [3.63, 3.8) is 0 Å². The molecule has 8 nitrogen and oxygen atoms in total. The molecule has 1 aromatic rings. The molecule has 1 saturated heterocycles. The summed E-state index contributed by atoms with van der Waals surface area (Å²) in [5.74, 6) is -0.533. The van der Waals surface area contributed by atoms with Gasteiger partial charge in [-0.2, -0.15) is 5.10 Å². The van der Waals surface area contributed by atoms with Gasteiger partial charge in [-0.3, -0.25) is 9.89 Å². The van der Waals surface area contributed by atoms with Crippen LogP contribution in [0.15, 0.2) is 4.90 Å². The van der Waals surface area contributed by atoms with Crippen LogP contribution in [0.3, 0.4) is 0 Å². The number of H-pyrrole nitrogens is 1. The van der Waals surface area contributed by atoms with E-state index in [2.05, 4.69) is 15.5 Å². The molecule has 2 rings (SSSR count). The highest BCUT2D eigenvalue weighted by Gasteiger charge is 2.29. The Labute approximate surface area is 123 Å². The molecular formula is C12H20N4O4S. The predicted octanol–water partition coefficient (Wildman–Crippen LogP) is -0.0832. The van der Waals surface area contributed by atoms with Crippen molar-refractivity contribution in [2.75, 3.05) is 6.61 Å². The number of ether oxygens (including phenoxy) is 1. The summed E-state index contributed by atoms with van der Waals surface area (Å²) in [5, 5.41) is 14.4. The highest BCUT2D eigenvalue weighted by atomic mass is 32.2. The van der Waals surface area contributed by atoms with Crippen molar-refractivity contribution in [1.82, 2.24) is 15.5 Å². The number of amides is 1. The number of aromatic nitrogens is 2. The summed E-state index contributed by atoms with van der Waals surface area (Å²) in [7, 11) is -4.01. The van der Waals surface area contributed by atoms with Crippen LogP contribution in [0.1, 0.15) is 42.9 Å². The van der Waals surface area contributed by atoms with Crippen molar-refractivity contribution in [2.45, 2.75) is 50.2 Å². The van der Waals surface area contributed by atoms with Crippen LogP contribution >= 0.6 is 0 Å². The van der Waals surface area contributed by atoms with Crippen LogP contribution in [0, 0.1) is 0 Å². The number of hydrogen-bond acceptors (Lipinski definition) is 5. The van der Waals surface area contributed by atoms with Gasteiger partial charge < -0.3 is 10.1 Å². The Bertz CT molecular complexity index is 625. The molecule has 0 spiro atoms. The van der Waals surface area contributed by atoms with Gasteiger partial charge in [0.2, 0.25) is 10.0 Å². The molecule has 1 aliphatic rings. The van der Waals surface area contributed by atoms with Crippen LogP contribution in [0.2, 0.25) is 0 Å². The number of aromatic amines is 1. The van der Waals surface area contributed by atoms with E-state index in [1.165, 1.54) is 0 Å². The fourth-order valence-corrected chi connectivity index (χ4v) is 3.39. The molecule has 118 valence electrons. The van der Waals surface area contributed by atoms with Gasteiger partial charge in [0.15, 0.2) is 5.69 Å². The average molecular weight is 316 g/mol. The Morgan fingerprint density at radius 3 is 2.86 bits per heavy atom. The van der Waals surface area contributed by atoms with Gasteiger partial charge >= 0.3 is 0 Å². The number of sulfonamides is 1. The van der Waals surface area contributed by atoms with Crippen LogP contribution in [0.5, 0.6) is 0 Å². The van der Waals surface area contributed by atoms with Gasteiger partial charge in [-0.15, -0.1) is 0 Å². The van der Waals surface area contributed by atoms with Crippen molar-refractivity contribution < 1.29 is 17.9 Å². The molecule has 0 aromatic carbocycles. The van der Waals surface area contributed by atoms with E-state index in [4.69, 9.17) is 9.88 Å². The summed E-state index contributed by atoms with van der Waals surface area (Å²) in [4.78, 5) is 12.0. The molecular weight excluding hydrogens is 296 g/mol. The fraction of sp³-hybridized carbons (Fsp3) is 0.667. The molecule has 0 bridgehead atoms. The van der Waals surface area contributed by atoms with Crippen molar-refractivity contribution in [3.8, 4) is 0 Å². The van der Waals surface area contributed by atoms with Gasteiger partial charge in [0, 0.05) is 12.6 Å². The second-order valence-corrected chi connectivity index (χ2v) is 6.65. The molecule has 2 unspecified atom stereocenters. The SMILES string of the molecule is CCc1[nH]nc(C(=O)NC2CCOC(C)C2)c1S(N)(=O)=O. The van der Waals surface area contributed by atoms with E-state index in [-0.39, 0.29) is 22.7 Å². The summed E-state index contributed by atoms with van der Waals surface area (Å²) >= 11 is 0. The standard InChI is InChI=1S/C12H20N4O4S/c1-3-9-11(21(13,18)19)10(16-15-9)12(17)14-8-4-5-20-7(2)6-8/h7-8H,3-6H2,1-2H3,(H,14,17)(H,15,16)(H2,13,18,19). The molecule has 2 heterocycles. The van der Waals surface area contributed by atoms with E-state index < -0.39 is 15.9 Å². The summed E-state index contributed by atoms with van der Waals surface area (Å²) in [6.07, 6.45) is 1.82. The Balaban J connectivity index is 2.22. The third kappa shape index (κ3) is 3.60. The first kappa shape index (κ1) is 15.9. The van der Waals surface area contributed by atoms with Crippen molar-refractivity contribution in [1.29, 1.82) is 0 Å². The summed E-state index contributed by atoms with van der Waals surface area (Å²) in [5.41, 5.74) is 0.163. The number of nitrogens with one attached hydrogen (secondary N) is 2. The minimum atomic E-state index is -4.01. The van der Waals surface area contributed by atoms with E-state index in [9.17, 15) is 13.2 Å². The molecule has 0 aliphatic carbocycles. The third-order valence-electron chi connectivity index (χ3n) is 3.47. The van der Waals surface area contributed by atoms with Crippen LogP contribution in [0.25, 0.3) is 0 Å². The number of hydrogen-bond donors (Lipinski definition) is 3. The number of primary sulfonamides is 1. The Kier molecular flexibility index (Phi) is 4.64. The molecule has 2 atom stereocenters. The lowest BCUT2D eigenvalue weighted by Crippen LogP contribution is -2.41. The summed E-state index contributed by atoms with van der Waals surface area (Å²) in [6, 6.07) is -0.0589. The summed E-state index contributed by atoms with van der Waals surface area (Å²) < 4.78 is 28.7. The van der Waals surface area contributed by atoms with Crippen molar-refractivity contribution in [2.24, 2.45) is 5.14 Å². The van der Waals surface area contributed by atoms with Gasteiger partial charge in [0.05, 0.1) is 11.8 Å². The lowest BCUT2D eigenvalue weighted by Gasteiger charge is -2.27. The van der Waals surface area contributed by atoms with Crippen LogP contribution in [0.4, 0.5) is 0 Å². The topological polar surface area (TPSA) is 127 Å². The highest BCUT2D eigenvalue weighted by Crippen LogP contribution is 2.19. The van der Waals surface area contributed by atoms with Crippen LogP contribution in [-0.2, 0) is 21.2 Å². The first-order chi connectivity index (χ1) is 9.82. The van der Waals surface area contributed by atoms with E-state index in [0.717, 1.165) is 0 Å². The molecule has 0 saturated carbocycles. The van der Waals surface area contributed by atoms with Crippen molar-refractivity contribution >= 4 is 15.9 Å². The zero-order valence-corrected chi connectivity index (χ0v) is 12.9. The van der Waals surface area contributed by atoms with E-state index >= 15 is 0 Å². The molecule has 0 radical (unpaired) electrons. The quantitative estimate of drug-likeness (QED) is 0.715. The van der Waals surface area contributed by atoms with Gasteiger partial charge in [-0.05, 0) is 26.2 Å². The summed E-state index contributed by atoms with van der Waals surface area (Å²) in [6.45, 7) is 4.25. The molecule has 1 fully saturated rings. The minimum absolute atomic E-state index is 0.0589. The maximum atomic E-state index is 12.3. The number of carbonyl (C=O) groups is 1. The van der Waals surface area contributed by atoms with Gasteiger partial charge in [0.1, 0.15) is 4.90 Å². The second-order valence-electron chi connectivity index (χ2n) is 5.15. The zero-order valence-electron chi connectivity index (χ0n) is 12.0. The lowest BCUT2D eigenvalue weighted by atomic mass is 10.0. The maximum absolute atomic E-state index is 12.3. The Morgan fingerprint density at radius 1 is 1.57 bits per heavy atom. The molecule has 1 amide bonds. The third-order valence-corrected chi connectivity index (χ3v) is 4.47. The van der Waals surface area contributed by atoms with E-state index in [0.29, 0.717) is 31.6 Å². The molecule has 21 heavy (non-hydrogen) atoms. The van der Waals surface area contributed by atoms with Gasteiger partial charge in [-0.1, -0.05) is 6.92 Å². The lowest BCUT2D eigenvalue weighted by molar-refractivity contribution is 0.0136. The normalized spacial score (nSPS) is 23.0. The molecule has 1 aromatic heterocycles. The Hall–Kier alpha value is -1.45. The fourth-order valence-electron chi connectivity index (χ4n) is 2.45. The van der Waals surface area contributed by atoms with Crippen LogP contribution in [-0.4, -0.2) is 43.3 Å². The minimum Gasteiger partial charge on any atom is -0.378 e. The number of aryl methyl sites for hydroxylation is 1. The number of carbonyl (C=O) groups excluding carboxylic acids is 1. The predicted molar refractivity (Wildman–Crippen MR) is 75.2 cm³/mol. The van der Waals surface area contributed by atoms with Crippen LogP contribution < -0.4 is 10.5 Å². The first-order valence-electron chi connectivity index (χ1n) is 6.85. The number of nitrogens with zero attached hydrogens (tertiary/aromatic N) is 1. The second kappa shape index (κ2) is 6.12. The first-order valence-corrected chi connectivity index (χ1v) is 8.40. The van der Waals surface area contributed by atoms with Gasteiger partial charge in [-0.25, -0.2) is 13.6 Å². The molecule has 1 aliphatic heterocycles.